The molecule has 1 atom stereocenters. The zero-order valence-electron chi connectivity index (χ0n) is 14.1. The number of carbonyl (C=O) groups excluding carboxylic acids is 1. The van der Waals surface area contributed by atoms with E-state index in [4.69, 9.17) is 0 Å². The number of rotatable bonds is 6. The average molecular weight is 366 g/mol. The highest BCUT2D eigenvalue weighted by Crippen LogP contribution is 2.24. The molecule has 6 nitrogen and oxygen atoms in total. The summed E-state index contributed by atoms with van der Waals surface area (Å²) < 4.78 is 1.98. The van der Waals surface area contributed by atoms with Gasteiger partial charge in [0.05, 0.1) is 6.54 Å². The third kappa shape index (κ3) is 6.65. The van der Waals surface area contributed by atoms with Gasteiger partial charge in [-0.15, -0.1) is 35.0 Å². The van der Waals surface area contributed by atoms with Gasteiger partial charge >= 0.3 is 0 Å². The molecular formula is C15H29Cl2N5O. The fourth-order valence-corrected chi connectivity index (χ4v) is 2.95. The maximum Gasteiger partial charge on any atom is 0.220 e. The molecule has 2 rings (SSSR count). The first-order valence-corrected chi connectivity index (χ1v) is 7.93. The van der Waals surface area contributed by atoms with Crippen LogP contribution >= 0.6 is 24.8 Å². The molecule has 1 aromatic heterocycles. The predicted octanol–water partition coefficient (Wildman–Crippen LogP) is 2.34. The lowest BCUT2D eigenvalue weighted by molar-refractivity contribution is -0.122. The maximum atomic E-state index is 12.1. The molecular weight excluding hydrogens is 337 g/mol. The molecule has 134 valence electrons. The van der Waals surface area contributed by atoms with Gasteiger partial charge in [-0.1, -0.05) is 6.92 Å². The molecule has 0 spiro atoms. The van der Waals surface area contributed by atoms with Crippen molar-refractivity contribution in [1.82, 2.24) is 25.4 Å². The van der Waals surface area contributed by atoms with Crippen LogP contribution in [-0.2, 0) is 11.3 Å². The zero-order valence-corrected chi connectivity index (χ0v) is 15.8. The summed E-state index contributed by atoms with van der Waals surface area (Å²) in [4.78, 5) is 12.1. The number of carbonyl (C=O) groups is 1. The number of halogens is 2. The van der Waals surface area contributed by atoms with E-state index in [2.05, 4.69) is 41.6 Å². The number of nitrogens with one attached hydrogen (secondary N) is 2. The fourth-order valence-electron chi connectivity index (χ4n) is 2.95. The van der Waals surface area contributed by atoms with Crippen LogP contribution in [0.15, 0.2) is 6.33 Å². The topological polar surface area (TPSA) is 71.8 Å². The van der Waals surface area contributed by atoms with Crippen molar-refractivity contribution >= 4 is 30.7 Å². The first-order valence-electron chi connectivity index (χ1n) is 7.93. The average Bonchev–Trinajstić information content (AvgIpc) is 2.94. The van der Waals surface area contributed by atoms with E-state index in [-0.39, 0.29) is 30.7 Å². The zero-order chi connectivity index (χ0) is 15.2. The summed E-state index contributed by atoms with van der Waals surface area (Å²) in [6.45, 7) is 8.95. The van der Waals surface area contributed by atoms with Crippen LogP contribution in [0.4, 0.5) is 0 Å². The van der Waals surface area contributed by atoms with Gasteiger partial charge in [0.2, 0.25) is 5.91 Å². The van der Waals surface area contributed by atoms with Gasteiger partial charge in [-0.3, -0.25) is 4.79 Å². The molecule has 2 heterocycles. The summed E-state index contributed by atoms with van der Waals surface area (Å²) in [7, 11) is 0. The van der Waals surface area contributed by atoms with E-state index in [9.17, 15) is 4.79 Å². The molecule has 0 radical (unpaired) electrons. The highest BCUT2D eigenvalue weighted by molar-refractivity contribution is 5.85. The smallest absolute Gasteiger partial charge is 0.220 e. The van der Waals surface area contributed by atoms with E-state index < -0.39 is 0 Å². The van der Waals surface area contributed by atoms with E-state index in [0.717, 1.165) is 18.9 Å². The van der Waals surface area contributed by atoms with E-state index in [1.165, 1.54) is 12.8 Å². The Morgan fingerprint density at radius 2 is 2.00 bits per heavy atom. The molecule has 2 N–H and O–H groups in total. The molecule has 8 heteroatoms. The van der Waals surface area contributed by atoms with Gasteiger partial charge in [-0.05, 0) is 51.6 Å². The number of hydrogen-bond acceptors (Lipinski definition) is 4. The van der Waals surface area contributed by atoms with Crippen molar-refractivity contribution < 1.29 is 4.79 Å². The monoisotopic (exact) mass is 365 g/mol. The predicted molar refractivity (Wildman–Crippen MR) is 96.1 cm³/mol. The van der Waals surface area contributed by atoms with Crippen LogP contribution in [0.3, 0.4) is 0 Å². The minimum Gasteiger partial charge on any atom is -0.349 e. The van der Waals surface area contributed by atoms with Gasteiger partial charge in [-0.25, -0.2) is 0 Å². The molecule has 1 aromatic rings. The largest absolute Gasteiger partial charge is 0.349 e. The standard InChI is InChI=1S/C15H27N5O.2ClH/c1-11(2)20-10-18-19-14(20)9-17-15(21)8-12(3)13-4-6-16-7-5-13;;/h10-13,16H,4-9H2,1-3H3,(H,17,21);2*1H. The van der Waals surface area contributed by atoms with Gasteiger partial charge in [0.25, 0.3) is 0 Å². The van der Waals surface area contributed by atoms with Crippen molar-refractivity contribution in [3.63, 3.8) is 0 Å². The fraction of sp³-hybridized carbons (Fsp3) is 0.800. The Bertz CT molecular complexity index is 460. The third-order valence-electron chi connectivity index (χ3n) is 4.34. The van der Waals surface area contributed by atoms with Gasteiger partial charge in [0.1, 0.15) is 6.33 Å². The lowest BCUT2D eigenvalue weighted by atomic mass is 9.84. The first-order chi connectivity index (χ1) is 10.1. The third-order valence-corrected chi connectivity index (χ3v) is 4.34. The minimum atomic E-state index is 0. The Hall–Kier alpha value is -0.850. The Balaban J connectivity index is 0.00000242. The second-order valence-electron chi connectivity index (χ2n) is 6.29. The number of hydrogen-bond donors (Lipinski definition) is 2. The van der Waals surface area contributed by atoms with Gasteiger partial charge in [0, 0.05) is 12.5 Å². The Morgan fingerprint density at radius 3 is 2.61 bits per heavy atom. The number of nitrogens with zero attached hydrogens (tertiary/aromatic N) is 3. The normalized spacial score (nSPS) is 16.3. The van der Waals surface area contributed by atoms with Crippen LogP contribution in [-0.4, -0.2) is 33.8 Å². The summed E-state index contributed by atoms with van der Waals surface area (Å²) >= 11 is 0. The quantitative estimate of drug-likeness (QED) is 0.811. The van der Waals surface area contributed by atoms with Crippen molar-refractivity contribution in [2.75, 3.05) is 13.1 Å². The minimum absolute atomic E-state index is 0. The SMILES string of the molecule is CC(CC(=O)NCc1nncn1C(C)C)C1CCNCC1.Cl.Cl. The first kappa shape index (κ1) is 22.1. The van der Waals surface area contributed by atoms with Crippen LogP contribution in [0.1, 0.15) is 51.9 Å². The van der Waals surface area contributed by atoms with Gasteiger partial charge in [0.15, 0.2) is 5.82 Å². The summed E-state index contributed by atoms with van der Waals surface area (Å²) in [6.07, 6.45) is 4.66. The molecule has 1 saturated heterocycles. The van der Waals surface area contributed by atoms with Crippen LogP contribution in [0.25, 0.3) is 0 Å². The van der Waals surface area contributed by atoms with Crippen molar-refractivity contribution in [2.24, 2.45) is 11.8 Å². The summed E-state index contributed by atoms with van der Waals surface area (Å²) in [5.74, 6) is 2.03. The lowest BCUT2D eigenvalue weighted by Gasteiger charge is -2.27. The van der Waals surface area contributed by atoms with Crippen LogP contribution in [0, 0.1) is 11.8 Å². The molecule has 1 unspecified atom stereocenters. The molecule has 23 heavy (non-hydrogen) atoms. The van der Waals surface area contributed by atoms with Crippen LogP contribution in [0.2, 0.25) is 0 Å². The summed E-state index contributed by atoms with van der Waals surface area (Å²) in [5, 5.41) is 14.3. The number of piperidine rings is 1. The Kier molecular flexibility index (Phi) is 10.4. The lowest BCUT2D eigenvalue weighted by Crippen LogP contribution is -2.33. The molecule has 1 aliphatic rings. The van der Waals surface area contributed by atoms with E-state index >= 15 is 0 Å². The molecule has 0 aliphatic carbocycles. The maximum absolute atomic E-state index is 12.1. The van der Waals surface area contributed by atoms with Crippen molar-refractivity contribution in [3.8, 4) is 0 Å². The molecule has 1 aliphatic heterocycles. The van der Waals surface area contributed by atoms with E-state index in [1.807, 2.05) is 4.57 Å². The Labute approximate surface area is 151 Å². The van der Waals surface area contributed by atoms with Gasteiger partial charge < -0.3 is 15.2 Å². The number of aromatic nitrogens is 3. The molecule has 0 saturated carbocycles. The molecule has 0 aromatic carbocycles. The van der Waals surface area contributed by atoms with Gasteiger partial charge in [-0.2, -0.15) is 0 Å². The number of amides is 1. The molecule has 1 fully saturated rings. The second kappa shape index (κ2) is 10.8. The second-order valence-corrected chi connectivity index (χ2v) is 6.29. The van der Waals surface area contributed by atoms with Crippen molar-refractivity contribution in [2.45, 2.75) is 52.6 Å². The summed E-state index contributed by atoms with van der Waals surface area (Å²) in [5.41, 5.74) is 0. The summed E-state index contributed by atoms with van der Waals surface area (Å²) in [6, 6.07) is 0.306. The van der Waals surface area contributed by atoms with Crippen molar-refractivity contribution in [3.05, 3.63) is 12.2 Å². The molecule has 1 amide bonds. The van der Waals surface area contributed by atoms with E-state index in [0.29, 0.717) is 30.8 Å². The van der Waals surface area contributed by atoms with E-state index in [1.54, 1.807) is 6.33 Å². The Morgan fingerprint density at radius 1 is 1.35 bits per heavy atom. The van der Waals surface area contributed by atoms with Crippen LogP contribution in [0.5, 0.6) is 0 Å². The van der Waals surface area contributed by atoms with Crippen LogP contribution < -0.4 is 10.6 Å². The molecule has 0 bridgehead atoms. The van der Waals surface area contributed by atoms with Crippen molar-refractivity contribution in [1.29, 1.82) is 0 Å². The highest BCUT2D eigenvalue weighted by atomic mass is 35.5. The highest BCUT2D eigenvalue weighted by Gasteiger charge is 2.22.